The van der Waals surface area contributed by atoms with Gasteiger partial charge in [-0.3, -0.25) is 0 Å². The number of aromatic nitrogens is 2. The first-order valence-electron chi connectivity index (χ1n) is 7.25. The van der Waals surface area contributed by atoms with Gasteiger partial charge in [-0.15, -0.1) is 0 Å². The van der Waals surface area contributed by atoms with Gasteiger partial charge in [0.15, 0.2) is 0 Å². The van der Waals surface area contributed by atoms with E-state index in [0.717, 1.165) is 30.2 Å². The molecule has 2 heterocycles. The van der Waals surface area contributed by atoms with E-state index in [0.29, 0.717) is 6.61 Å². The predicted molar refractivity (Wildman–Crippen MR) is 83.1 cm³/mol. The zero-order chi connectivity index (χ0) is 14.1. The zero-order valence-corrected chi connectivity index (χ0v) is 11.7. The molecule has 1 aliphatic heterocycles. The Bertz CT molecular complexity index is 759. The highest BCUT2D eigenvalue weighted by atomic mass is 16.5. The number of H-pyrrole nitrogens is 1. The van der Waals surface area contributed by atoms with Crippen LogP contribution in [0.2, 0.25) is 0 Å². The van der Waals surface area contributed by atoms with Crippen LogP contribution in [0.25, 0.3) is 22.0 Å². The maximum atomic E-state index is 5.49. The van der Waals surface area contributed by atoms with Gasteiger partial charge in [0.25, 0.3) is 0 Å². The maximum absolute atomic E-state index is 5.49. The minimum atomic E-state index is 0.160. The predicted octanol–water partition coefficient (Wildman–Crippen LogP) is 2.89. The van der Waals surface area contributed by atoms with E-state index in [1.54, 1.807) is 0 Å². The second-order valence-corrected chi connectivity index (χ2v) is 5.33. The molecule has 0 saturated carbocycles. The highest BCUT2D eigenvalue weighted by Crippen LogP contribution is 2.24. The van der Waals surface area contributed by atoms with Crippen LogP contribution in [0.4, 0.5) is 0 Å². The summed E-state index contributed by atoms with van der Waals surface area (Å²) < 4.78 is 5.49. The van der Waals surface area contributed by atoms with Crippen molar-refractivity contribution in [3.05, 3.63) is 54.5 Å². The third-order valence-corrected chi connectivity index (χ3v) is 3.91. The molecule has 0 bridgehead atoms. The van der Waals surface area contributed by atoms with Gasteiger partial charge in [0.2, 0.25) is 0 Å². The first-order valence-corrected chi connectivity index (χ1v) is 7.25. The summed E-state index contributed by atoms with van der Waals surface area (Å²) in [5.41, 5.74) is 2.20. The van der Waals surface area contributed by atoms with Crippen LogP contribution in [0.5, 0.6) is 0 Å². The Kier molecular flexibility index (Phi) is 3.18. The highest BCUT2D eigenvalue weighted by Gasteiger charge is 2.18. The molecule has 2 aromatic carbocycles. The Labute approximate surface area is 123 Å². The van der Waals surface area contributed by atoms with Gasteiger partial charge in [-0.05, 0) is 16.8 Å². The molecule has 1 saturated heterocycles. The molecular formula is C17H17N3O. The molecule has 0 amide bonds. The summed E-state index contributed by atoms with van der Waals surface area (Å²) in [7, 11) is 0. The lowest BCUT2D eigenvalue weighted by Crippen LogP contribution is -2.35. The van der Waals surface area contributed by atoms with Gasteiger partial charge in [-0.2, -0.15) is 0 Å². The molecule has 3 aromatic rings. The molecule has 0 spiro atoms. The van der Waals surface area contributed by atoms with Crippen molar-refractivity contribution in [3.8, 4) is 11.3 Å². The number of rotatable bonds is 2. The Hall–Kier alpha value is -2.17. The fraction of sp³-hybridized carbons (Fsp3) is 0.235. The van der Waals surface area contributed by atoms with Crippen molar-refractivity contribution in [2.24, 2.45) is 0 Å². The number of ether oxygens (including phenoxy) is 1. The summed E-state index contributed by atoms with van der Waals surface area (Å²) >= 11 is 0. The molecule has 1 aromatic heterocycles. The van der Waals surface area contributed by atoms with E-state index in [1.807, 2.05) is 6.20 Å². The number of fused-ring (bicyclic) bond motifs is 1. The van der Waals surface area contributed by atoms with Gasteiger partial charge >= 0.3 is 0 Å². The molecule has 4 heteroatoms. The molecule has 2 N–H and O–H groups in total. The van der Waals surface area contributed by atoms with Crippen molar-refractivity contribution in [2.45, 2.75) is 6.04 Å². The topological polar surface area (TPSA) is 49.9 Å². The molecule has 1 atom stereocenters. The van der Waals surface area contributed by atoms with E-state index in [-0.39, 0.29) is 6.04 Å². The number of nitrogens with zero attached hydrogens (tertiary/aromatic N) is 1. The van der Waals surface area contributed by atoms with Crippen LogP contribution in [0.1, 0.15) is 11.9 Å². The molecule has 0 radical (unpaired) electrons. The quantitative estimate of drug-likeness (QED) is 0.758. The number of nitrogens with one attached hydrogen (secondary N) is 2. The Balaban J connectivity index is 1.67. The van der Waals surface area contributed by atoms with E-state index in [2.05, 4.69) is 57.7 Å². The van der Waals surface area contributed by atoms with Crippen LogP contribution in [-0.2, 0) is 4.74 Å². The normalized spacial score (nSPS) is 19.0. The summed E-state index contributed by atoms with van der Waals surface area (Å²) in [5.74, 6) is 0.942. The summed E-state index contributed by atoms with van der Waals surface area (Å²) in [6, 6.07) is 15.0. The fourth-order valence-corrected chi connectivity index (χ4v) is 2.76. The lowest BCUT2D eigenvalue weighted by molar-refractivity contribution is 0.0745. The van der Waals surface area contributed by atoms with Crippen LogP contribution < -0.4 is 5.32 Å². The molecule has 21 heavy (non-hydrogen) atoms. The second kappa shape index (κ2) is 5.31. The maximum Gasteiger partial charge on any atom is 0.126 e. The van der Waals surface area contributed by atoms with Crippen molar-refractivity contribution >= 4 is 10.8 Å². The lowest BCUT2D eigenvalue weighted by Gasteiger charge is -2.21. The highest BCUT2D eigenvalue weighted by molar-refractivity contribution is 5.86. The van der Waals surface area contributed by atoms with Crippen LogP contribution in [0.3, 0.4) is 0 Å². The monoisotopic (exact) mass is 279 g/mol. The van der Waals surface area contributed by atoms with Crippen LogP contribution in [0.15, 0.2) is 48.7 Å². The SMILES string of the molecule is c1ccc2cc(-c3cnc(C4COCCN4)[nH]3)ccc2c1. The average molecular weight is 279 g/mol. The Morgan fingerprint density at radius 2 is 2.00 bits per heavy atom. The van der Waals surface area contributed by atoms with Crippen LogP contribution >= 0.6 is 0 Å². The van der Waals surface area contributed by atoms with Crippen molar-refractivity contribution in [2.75, 3.05) is 19.8 Å². The molecule has 1 aliphatic rings. The first-order chi connectivity index (χ1) is 10.4. The van der Waals surface area contributed by atoms with Crippen molar-refractivity contribution in [3.63, 3.8) is 0 Å². The molecule has 4 rings (SSSR count). The fourth-order valence-electron chi connectivity index (χ4n) is 2.76. The molecule has 1 unspecified atom stereocenters. The van der Waals surface area contributed by atoms with Crippen LogP contribution in [0, 0.1) is 0 Å². The summed E-state index contributed by atoms with van der Waals surface area (Å²) in [4.78, 5) is 7.91. The molecule has 1 fully saturated rings. The second-order valence-electron chi connectivity index (χ2n) is 5.33. The number of hydrogen-bond donors (Lipinski definition) is 2. The van der Waals surface area contributed by atoms with Gasteiger partial charge < -0.3 is 15.0 Å². The standard InChI is InChI=1S/C17H17N3O/c1-2-4-13-9-14(6-5-12(13)3-1)15-10-19-17(20-15)16-11-21-8-7-18-16/h1-6,9-10,16,18H,7-8,11H2,(H,19,20). The molecule has 106 valence electrons. The third kappa shape index (κ3) is 2.44. The number of imidazole rings is 1. The first kappa shape index (κ1) is 12.6. The van der Waals surface area contributed by atoms with Crippen molar-refractivity contribution < 1.29 is 4.74 Å². The average Bonchev–Trinajstić information content (AvgIpc) is 3.05. The number of hydrogen-bond acceptors (Lipinski definition) is 3. The number of morpholine rings is 1. The van der Waals surface area contributed by atoms with Gasteiger partial charge in [-0.1, -0.05) is 36.4 Å². The van der Waals surface area contributed by atoms with Crippen molar-refractivity contribution in [1.82, 2.24) is 15.3 Å². The largest absolute Gasteiger partial charge is 0.378 e. The Morgan fingerprint density at radius 1 is 1.10 bits per heavy atom. The smallest absolute Gasteiger partial charge is 0.126 e. The summed E-state index contributed by atoms with van der Waals surface area (Å²) in [5, 5.41) is 5.91. The minimum Gasteiger partial charge on any atom is -0.378 e. The van der Waals surface area contributed by atoms with Crippen LogP contribution in [-0.4, -0.2) is 29.7 Å². The number of benzene rings is 2. The van der Waals surface area contributed by atoms with Crippen molar-refractivity contribution in [1.29, 1.82) is 0 Å². The van der Waals surface area contributed by atoms with E-state index >= 15 is 0 Å². The van der Waals surface area contributed by atoms with E-state index in [9.17, 15) is 0 Å². The van der Waals surface area contributed by atoms with E-state index in [1.165, 1.54) is 10.8 Å². The third-order valence-electron chi connectivity index (χ3n) is 3.91. The van der Waals surface area contributed by atoms with Gasteiger partial charge in [0, 0.05) is 12.1 Å². The van der Waals surface area contributed by atoms with E-state index < -0.39 is 0 Å². The van der Waals surface area contributed by atoms with Gasteiger partial charge in [-0.25, -0.2) is 4.98 Å². The lowest BCUT2D eigenvalue weighted by atomic mass is 10.1. The molecule has 0 aliphatic carbocycles. The summed E-state index contributed by atoms with van der Waals surface area (Å²) in [6.07, 6.45) is 1.90. The summed E-state index contributed by atoms with van der Waals surface area (Å²) in [6.45, 7) is 2.32. The van der Waals surface area contributed by atoms with Gasteiger partial charge in [0.1, 0.15) is 5.82 Å². The Morgan fingerprint density at radius 3 is 2.86 bits per heavy atom. The van der Waals surface area contributed by atoms with Gasteiger partial charge in [0.05, 0.1) is 31.1 Å². The van der Waals surface area contributed by atoms with E-state index in [4.69, 9.17) is 4.74 Å². The molecule has 4 nitrogen and oxygen atoms in total. The minimum absolute atomic E-state index is 0.160. The molecular weight excluding hydrogens is 262 g/mol. The zero-order valence-electron chi connectivity index (χ0n) is 11.7. The number of aromatic amines is 1.